The number of hydrogen-bond acceptors (Lipinski definition) is 7. The Labute approximate surface area is 157 Å². The number of amidine groups is 1. The average Bonchev–Trinajstić information content (AvgIpc) is 3.15. The van der Waals surface area contributed by atoms with Crippen LogP contribution in [-0.2, 0) is 11.3 Å². The van der Waals surface area contributed by atoms with Gasteiger partial charge in [0.15, 0.2) is 11.4 Å². The molecule has 0 spiro atoms. The van der Waals surface area contributed by atoms with Gasteiger partial charge in [-0.25, -0.2) is 4.99 Å². The summed E-state index contributed by atoms with van der Waals surface area (Å²) < 4.78 is 23.2. The third kappa shape index (κ3) is 2.50. The summed E-state index contributed by atoms with van der Waals surface area (Å²) in [6.07, 6.45) is 0.269. The first-order valence-electron chi connectivity index (χ1n) is 7.99. The smallest absolute Gasteiger partial charge is 0.205 e. The molecule has 1 saturated heterocycles. The maximum absolute atomic E-state index is 12.8. The van der Waals surface area contributed by atoms with Crippen molar-refractivity contribution in [3.8, 4) is 0 Å². The number of carbonyl (C=O) groups excluding carboxylic acids is 1. The van der Waals surface area contributed by atoms with Crippen LogP contribution in [-0.4, -0.2) is 44.7 Å². The SMILES string of the molecule is Cc1cc2c(s1)N=C1N(c3ccc(N(C)S(=O)[O-])cc3)CCC1(O)C2=O. The molecule has 2 aromatic rings. The van der Waals surface area contributed by atoms with Crippen LogP contribution < -0.4 is 9.21 Å². The van der Waals surface area contributed by atoms with Crippen molar-refractivity contribution in [3.63, 3.8) is 0 Å². The van der Waals surface area contributed by atoms with Gasteiger partial charge in [-0.1, -0.05) is 0 Å². The average molecular weight is 390 g/mol. The molecule has 0 radical (unpaired) electrons. The van der Waals surface area contributed by atoms with Gasteiger partial charge in [0.05, 0.1) is 5.56 Å². The highest BCUT2D eigenvalue weighted by Crippen LogP contribution is 2.43. The zero-order chi connectivity index (χ0) is 18.6. The van der Waals surface area contributed by atoms with Crippen molar-refractivity contribution in [1.82, 2.24) is 0 Å². The second-order valence-electron chi connectivity index (χ2n) is 6.33. The predicted octanol–water partition coefficient (Wildman–Crippen LogP) is 2.15. The van der Waals surface area contributed by atoms with Gasteiger partial charge in [0, 0.05) is 47.5 Å². The summed E-state index contributed by atoms with van der Waals surface area (Å²) in [7, 11) is 1.46. The molecule has 1 aromatic carbocycles. The first-order chi connectivity index (χ1) is 12.3. The number of aliphatic imine (C=N–C) groups is 1. The van der Waals surface area contributed by atoms with Crippen LogP contribution in [0.1, 0.15) is 21.7 Å². The van der Waals surface area contributed by atoms with Gasteiger partial charge in [-0.3, -0.25) is 9.00 Å². The van der Waals surface area contributed by atoms with Crippen LogP contribution in [0.3, 0.4) is 0 Å². The van der Waals surface area contributed by atoms with Gasteiger partial charge in [-0.15, -0.1) is 11.3 Å². The van der Waals surface area contributed by atoms with Gasteiger partial charge in [0.25, 0.3) is 0 Å². The standard InChI is InChI=1S/C17H17N3O4S2/c1-10-9-13-14(21)17(22)7-8-20(16(17)18-15(13)25-10)12-5-3-11(4-6-12)19(2)26(23)24/h3-6,9,22H,7-8H2,1-2H3,(H,23,24)/p-1. The van der Waals surface area contributed by atoms with Crippen molar-refractivity contribution in [2.45, 2.75) is 18.9 Å². The minimum Gasteiger partial charge on any atom is -0.755 e. The number of fused-ring (bicyclic) bond motifs is 2. The van der Waals surface area contributed by atoms with Crippen LogP contribution >= 0.6 is 11.3 Å². The molecule has 26 heavy (non-hydrogen) atoms. The fourth-order valence-corrected chi connectivity index (χ4v) is 4.50. The molecule has 9 heteroatoms. The van der Waals surface area contributed by atoms with E-state index in [0.29, 0.717) is 28.6 Å². The van der Waals surface area contributed by atoms with Crippen LogP contribution in [0.25, 0.3) is 0 Å². The second kappa shape index (κ2) is 5.98. The highest BCUT2D eigenvalue weighted by Gasteiger charge is 2.52. The van der Waals surface area contributed by atoms with Gasteiger partial charge < -0.3 is 18.9 Å². The molecule has 3 heterocycles. The van der Waals surface area contributed by atoms with Gasteiger partial charge in [-0.05, 0) is 37.3 Å². The highest BCUT2D eigenvalue weighted by atomic mass is 32.2. The molecule has 1 N–H and O–H groups in total. The largest absolute Gasteiger partial charge is 0.755 e. The summed E-state index contributed by atoms with van der Waals surface area (Å²) in [5, 5.41) is 11.6. The maximum atomic E-state index is 12.8. The van der Waals surface area contributed by atoms with Crippen LogP contribution in [0.5, 0.6) is 0 Å². The van der Waals surface area contributed by atoms with E-state index in [0.717, 1.165) is 14.9 Å². The molecule has 0 saturated carbocycles. The molecular formula is C17H16N3O4S2-. The Morgan fingerprint density at radius 1 is 1.38 bits per heavy atom. The molecule has 2 unspecified atom stereocenters. The fourth-order valence-electron chi connectivity index (χ4n) is 3.33. The first kappa shape index (κ1) is 17.3. The van der Waals surface area contributed by atoms with E-state index in [4.69, 9.17) is 0 Å². The zero-order valence-corrected chi connectivity index (χ0v) is 15.8. The summed E-state index contributed by atoms with van der Waals surface area (Å²) in [6.45, 7) is 2.36. The molecular weight excluding hydrogens is 374 g/mol. The Morgan fingerprint density at radius 3 is 2.73 bits per heavy atom. The van der Waals surface area contributed by atoms with E-state index in [1.807, 2.05) is 11.8 Å². The first-order valence-corrected chi connectivity index (χ1v) is 9.83. The van der Waals surface area contributed by atoms with Crippen molar-refractivity contribution in [2.75, 3.05) is 22.8 Å². The van der Waals surface area contributed by atoms with Crippen LogP contribution in [0.15, 0.2) is 35.3 Å². The van der Waals surface area contributed by atoms with Crippen molar-refractivity contribution in [3.05, 3.63) is 40.8 Å². The van der Waals surface area contributed by atoms with Crippen LogP contribution in [0.2, 0.25) is 0 Å². The molecule has 136 valence electrons. The third-order valence-corrected chi connectivity index (χ3v) is 6.34. The number of aliphatic hydroxyl groups is 1. The Hall–Kier alpha value is -2.07. The van der Waals surface area contributed by atoms with E-state index in [2.05, 4.69) is 4.99 Å². The molecule has 1 fully saturated rings. The lowest BCUT2D eigenvalue weighted by Crippen LogP contribution is -2.48. The van der Waals surface area contributed by atoms with Crippen molar-refractivity contribution in [2.24, 2.45) is 4.99 Å². The molecule has 2 aliphatic heterocycles. The van der Waals surface area contributed by atoms with Gasteiger partial charge in [0.1, 0.15) is 5.00 Å². The van der Waals surface area contributed by atoms with E-state index in [-0.39, 0.29) is 12.2 Å². The molecule has 2 atom stereocenters. The molecule has 2 aliphatic rings. The molecule has 0 aliphatic carbocycles. The fraction of sp³-hybridized carbons (Fsp3) is 0.294. The van der Waals surface area contributed by atoms with Gasteiger partial charge >= 0.3 is 0 Å². The Bertz CT molecular complexity index is 953. The summed E-state index contributed by atoms with van der Waals surface area (Å²) in [5.41, 5.74) is 0.148. The van der Waals surface area contributed by atoms with Gasteiger partial charge in [-0.2, -0.15) is 0 Å². The number of carbonyl (C=O) groups is 1. The number of nitrogens with zero attached hydrogens (tertiary/aromatic N) is 3. The summed E-state index contributed by atoms with van der Waals surface area (Å²) >= 11 is -0.921. The Balaban J connectivity index is 1.72. The number of hydrogen-bond donors (Lipinski definition) is 1. The lowest BCUT2D eigenvalue weighted by atomic mass is 9.90. The highest BCUT2D eigenvalue weighted by molar-refractivity contribution is 7.80. The molecule has 0 amide bonds. The molecule has 1 aromatic heterocycles. The molecule has 7 nitrogen and oxygen atoms in total. The van der Waals surface area contributed by atoms with E-state index in [1.165, 1.54) is 18.4 Å². The van der Waals surface area contributed by atoms with Crippen LogP contribution in [0.4, 0.5) is 16.4 Å². The van der Waals surface area contributed by atoms with E-state index in [9.17, 15) is 18.7 Å². The predicted molar refractivity (Wildman–Crippen MR) is 101 cm³/mol. The minimum atomic E-state index is -2.35. The van der Waals surface area contributed by atoms with E-state index >= 15 is 0 Å². The zero-order valence-electron chi connectivity index (χ0n) is 14.1. The quantitative estimate of drug-likeness (QED) is 0.810. The molecule has 4 rings (SSSR count). The summed E-state index contributed by atoms with van der Waals surface area (Å²) in [4.78, 5) is 20.2. The third-order valence-electron chi connectivity index (χ3n) is 4.73. The lowest BCUT2D eigenvalue weighted by Gasteiger charge is -2.28. The molecule has 0 bridgehead atoms. The number of thiophene rings is 1. The lowest BCUT2D eigenvalue weighted by molar-refractivity contribution is 0.0603. The number of benzene rings is 1. The number of aryl methyl sites for hydroxylation is 1. The van der Waals surface area contributed by atoms with E-state index in [1.54, 1.807) is 30.3 Å². The van der Waals surface area contributed by atoms with E-state index < -0.39 is 16.9 Å². The Morgan fingerprint density at radius 2 is 2.08 bits per heavy atom. The monoisotopic (exact) mass is 390 g/mol. The van der Waals surface area contributed by atoms with Crippen molar-refractivity contribution >= 4 is 50.6 Å². The van der Waals surface area contributed by atoms with Crippen molar-refractivity contribution in [1.29, 1.82) is 0 Å². The number of rotatable bonds is 3. The Kier molecular flexibility index (Phi) is 3.99. The number of Topliss-reactive ketones (excluding diaryl/α,β-unsaturated/α-hetero) is 1. The number of anilines is 2. The normalized spacial score (nSPS) is 22.7. The summed E-state index contributed by atoms with van der Waals surface area (Å²) in [5.74, 6) is 0.0350. The van der Waals surface area contributed by atoms with Gasteiger partial charge in [0.2, 0.25) is 5.78 Å². The number of ketones is 1. The second-order valence-corrected chi connectivity index (χ2v) is 8.55. The topological polar surface area (TPSA) is 96.3 Å². The maximum Gasteiger partial charge on any atom is 0.205 e. The van der Waals surface area contributed by atoms with Crippen LogP contribution in [0, 0.1) is 6.92 Å². The van der Waals surface area contributed by atoms with Crippen molar-refractivity contribution < 1.29 is 18.7 Å². The minimum absolute atomic E-state index is 0.269. The summed E-state index contributed by atoms with van der Waals surface area (Å²) in [6, 6.07) is 8.64.